The molecule has 2 heterocycles. The summed E-state index contributed by atoms with van der Waals surface area (Å²) in [5.41, 5.74) is 0.695. The van der Waals surface area contributed by atoms with Gasteiger partial charge in [0.15, 0.2) is 5.65 Å². The molecule has 0 fully saturated rings. The molecule has 2 aromatic rings. The van der Waals surface area contributed by atoms with Gasteiger partial charge in [0.25, 0.3) is 0 Å². The largest absolute Gasteiger partial charge is 0.383 e. The Labute approximate surface area is 116 Å². The second kappa shape index (κ2) is 7.67. The average Bonchev–Trinajstić information content (AvgIpc) is 2.84. The van der Waals surface area contributed by atoms with Gasteiger partial charge in [-0.1, -0.05) is 0 Å². The first kappa shape index (κ1) is 15.4. The van der Waals surface area contributed by atoms with Crippen LogP contribution in [-0.4, -0.2) is 47.3 Å². The standard InChI is InChI=1S/C11H15N5O2.ClH/c1-18-7-6-12-8-11(17)15-10-2-4-13-9-3-5-14-16(9)10;/h2-5,12H,6-8H2,1H3,(H,15,17);1H. The molecule has 7 nitrogen and oxygen atoms in total. The van der Waals surface area contributed by atoms with Gasteiger partial charge in [-0.05, 0) is 6.07 Å². The zero-order valence-electron chi connectivity index (χ0n) is 10.5. The highest BCUT2D eigenvalue weighted by Gasteiger charge is 2.05. The first-order chi connectivity index (χ1) is 8.81. The summed E-state index contributed by atoms with van der Waals surface area (Å²) < 4.78 is 6.45. The molecule has 0 saturated heterocycles. The molecule has 19 heavy (non-hydrogen) atoms. The zero-order valence-corrected chi connectivity index (χ0v) is 11.3. The Morgan fingerprint density at radius 2 is 2.26 bits per heavy atom. The van der Waals surface area contributed by atoms with Gasteiger partial charge < -0.3 is 15.4 Å². The Morgan fingerprint density at radius 3 is 3.05 bits per heavy atom. The van der Waals surface area contributed by atoms with Gasteiger partial charge in [-0.25, -0.2) is 4.98 Å². The molecule has 0 spiro atoms. The third-order valence-electron chi connectivity index (χ3n) is 2.33. The van der Waals surface area contributed by atoms with Crippen LogP contribution in [0, 0.1) is 0 Å². The van der Waals surface area contributed by atoms with Crippen LogP contribution in [0.2, 0.25) is 0 Å². The smallest absolute Gasteiger partial charge is 0.239 e. The van der Waals surface area contributed by atoms with Crippen LogP contribution in [0.5, 0.6) is 0 Å². The number of carbonyl (C=O) groups excluding carboxylic acids is 1. The molecule has 0 aliphatic rings. The molecule has 0 aliphatic heterocycles. The van der Waals surface area contributed by atoms with Crippen molar-refractivity contribution in [1.82, 2.24) is 19.9 Å². The van der Waals surface area contributed by atoms with Crippen molar-refractivity contribution < 1.29 is 9.53 Å². The highest BCUT2D eigenvalue weighted by Crippen LogP contribution is 2.07. The number of rotatable bonds is 6. The second-order valence-corrected chi connectivity index (χ2v) is 3.65. The molecule has 2 rings (SSSR count). The van der Waals surface area contributed by atoms with E-state index in [4.69, 9.17) is 4.74 Å². The van der Waals surface area contributed by atoms with E-state index < -0.39 is 0 Å². The maximum Gasteiger partial charge on any atom is 0.239 e. The van der Waals surface area contributed by atoms with E-state index in [1.807, 2.05) is 0 Å². The van der Waals surface area contributed by atoms with Crippen LogP contribution in [-0.2, 0) is 9.53 Å². The monoisotopic (exact) mass is 285 g/mol. The van der Waals surface area contributed by atoms with Crippen LogP contribution in [0.3, 0.4) is 0 Å². The molecular formula is C11H16ClN5O2. The van der Waals surface area contributed by atoms with Crippen molar-refractivity contribution in [3.63, 3.8) is 0 Å². The van der Waals surface area contributed by atoms with Gasteiger partial charge >= 0.3 is 0 Å². The zero-order chi connectivity index (χ0) is 12.8. The number of carbonyl (C=O) groups is 1. The number of hydrogen-bond donors (Lipinski definition) is 2. The van der Waals surface area contributed by atoms with Crippen molar-refractivity contribution in [1.29, 1.82) is 0 Å². The molecule has 8 heteroatoms. The minimum atomic E-state index is -0.130. The molecule has 0 atom stereocenters. The first-order valence-corrected chi connectivity index (χ1v) is 5.59. The number of ether oxygens (including phenoxy) is 1. The van der Waals surface area contributed by atoms with Gasteiger partial charge in [0.1, 0.15) is 5.82 Å². The van der Waals surface area contributed by atoms with Crippen molar-refractivity contribution in [3.8, 4) is 0 Å². The predicted octanol–water partition coefficient (Wildman–Crippen LogP) is 0.326. The van der Waals surface area contributed by atoms with Crippen molar-refractivity contribution in [2.24, 2.45) is 0 Å². The lowest BCUT2D eigenvalue weighted by atomic mass is 10.5. The van der Waals surface area contributed by atoms with E-state index in [1.165, 1.54) is 0 Å². The number of aromatic nitrogens is 3. The van der Waals surface area contributed by atoms with Gasteiger partial charge in [0.2, 0.25) is 5.91 Å². The topological polar surface area (TPSA) is 80.5 Å². The maximum atomic E-state index is 11.7. The van der Waals surface area contributed by atoms with Gasteiger partial charge in [-0.15, -0.1) is 12.4 Å². The maximum absolute atomic E-state index is 11.7. The Kier molecular flexibility index (Phi) is 6.20. The molecule has 0 aromatic carbocycles. The summed E-state index contributed by atoms with van der Waals surface area (Å²) >= 11 is 0. The summed E-state index contributed by atoms with van der Waals surface area (Å²) in [6, 6.07) is 3.47. The molecule has 2 N–H and O–H groups in total. The lowest BCUT2D eigenvalue weighted by Crippen LogP contribution is -2.30. The first-order valence-electron chi connectivity index (χ1n) is 5.59. The summed E-state index contributed by atoms with van der Waals surface area (Å²) in [6.07, 6.45) is 3.26. The molecule has 0 aliphatic carbocycles. The summed E-state index contributed by atoms with van der Waals surface area (Å²) in [5, 5.41) is 9.81. The fourth-order valence-electron chi connectivity index (χ4n) is 1.49. The molecule has 0 bridgehead atoms. The summed E-state index contributed by atoms with van der Waals surface area (Å²) in [7, 11) is 1.62. The van der Waals surface area contributed by atoms with E-state index >= 15 is 0 Å². The van der Waals surface area contributed by atoms with Crippen molar-refractivity contribution in [3.05, 3.63) is 24.5 Å². The summed E-state index contributed by atoms with van der Waals surface area (Å²) in [4.78, 5) is 15.8. The number of nitrogens with zero attached hydrogens (tertiary/aromatic N) is 3. The minimum absolute atomic E-state index is 0. The average molecular weight is 286 g/mol. The molecule has 0 unspecified atom stereocenters. The van der Waals surface area contributed by atoms with E-state index in [2.05, 4.69) is 20.7 Å². The third-order valence-corrected chi connectivity index (χ3v) is 2.33. The number of hydrogen-bond acceptors (Lipinski definition) is 5. The Bertz CT molecular complexity index is 531. The SMILES string of the molecule is COCCNCC(=O)Nc1ccnc2ccnn12.Cl. The number of anilines is 1. The van der Waals surface area contributed by atoms with Crippen LogP contribution in [0.25, 0.3) is 5.65 Å². The number of amides is 1. The molecule has 104 valence electrons. The minimum Gasteiger partial charge on any atom is -0.383 e. The Morgan fingerprint density at radius 1 is 1.42 bits per heavy atom. The molecule has 0 radical (unpaired) electrons. The van der Waals surface area contributed by atoms with Gasteiger partial charge in [0.05, 0.1) is 19.3 Å². The fourth-order valence-corrected chi connectivity index (χ4v) is 1.49. The summed E-state index contributed by atoms with van der Waals surface area (Å²) in [5.74, 6) is 0.470. The van der Waals surface area contributed by atoms with Gasteiger partial charge in [-0.3, -0.25) is 4.79 Å². The lowest BCUT2D eigenvalue weighted by Gasteiger charge is -2.07. The van der Waals surface area contributed by atoms with E-state index in [9.17, 15) is 4.79 Å². The van der Waals surface area contributed by atoms with Crippen molar-refractivity contribution in [2.75, 3.05) is 32.1 Å². The van der Waals surface area contributed by atoms with E-state index in [1.54, 1.807) is 36.2 Å². The van der Waals surface area contributed by atoms with Crippen LogP contribution >= 0.6 is 12.4 Å². The van der Waals surface area contributed by atoms with Crippen LogP contribution in [0.1, 0.15) is 0 Å². The summed E-state index contributed by atoms with van der Waals surface area (Å²) in [6.45, 7) is 1.44. The molecule has 2 aromatic heterocycles. The molecular weight excluding hydrogens is 270 g/mol. The van der Waals surface area contributed by atoms with Crippen LogP contribution in [0.15, 0.2) is 24.5 Å². The number of halogens is 1. The highest BCUT2D eigenvalue weighted by molar-refractivity contribution is 5.91. The molecule has 0 saturated carbocycles. The normalized spacial score (nSPS) is 10.2. The Hall–Kier alpha value is -1.70. The van der Waals surface area contributed by atoms with Gasteiger partial charge in [-0.2, -0.15) is 9.61 Å². The fraction of sp³-hybridized carbons (Fsp3) is 0.364. The van der Waals surface area contributed by atoms with Crippen molar-refractivity contribution in [2.45, 2.75) is 0 Å². The van der Waals surface area contributed by atoms with Crippen LogP contribution in [0.4, 0.5) is 5.82 Å². The van der Waals surface area contributed by atoms with E-state index in [0.717, 1.165) is 0 Å². The number of fused-ring (bicyclic) bond motifs is 1. The Balaban J connectivity index is 0.00000180. The van der Waals surface area contributed by atoms with Crippen molar-refractivity contribution >= 4 is 29.8 Å². The highest BCUT2D eigenvalue weighted by atomic mass is 35.5. The van der Waals surface area contributed by atoms with E-state index in [-0.39, 0.29) is 24.9 Å². The number of nitrogens with one attached hydrogen (secondary N) is 2. The molecule has 1 amide bonds. The quantitative estimate of drug-likeness (QED) is 0.748. The predicted molar refractivity (Wildman–Crippen MR) is 73.6 cm³/mol. The number of methoxy groups -OCH3 is 1. The lowest BCUT2D eigenvalue weighted by molar-refractivity contribution is -0.115. The van der Waals surface area contributed by atoms with Gasteiger partial charge in [0, 0.05) is 25.9 Å². The third kappa shape index (κ3) is 4.16. The van der Waals surface area contributed by atoms with Crippen LogP contribution < -0.4 is 10.6 Å². The second-order valence-electron chi connectivity index (χ2n) is 3.65. The van der Waals surface area contributed by atoms with E-state index in [0.29, 0.717) is 24.6 Å².